The predicted molar refractivity (Wildman–Crippen MR) is 90.8 cm³/mol. The number of halogens is 3. The van der Waals surface area contributed by atoms with E-state index in [2.05, 4.69) is 15.4 Å². The molecule has 0 atom stereocenters. The van der Waals surface area contributed by atoms with E-state index in [0.29, 0.717) is 5.69 Å². The Morgan fingerprint density at radius 2 is 1.78 bits per heavy atom. The maximum atomic E-state index is 12.6. The number of fused-ring (bicyclic) bond motifs is 1. The van der Waals surface area contributed by atoms with Crippen LogP contribution in [0, 0.1) is 0 Å². The summed E-state index contributed by atoms with van der Waals surface area (Å²) in [6, 6.07) is 9.61. The van der Waals surface area contributed by atoms with Crippen LogP contribution in [0.2, 0.25) is 0 Å². The van der Waals surface area contributed by atoms with Gasteiger partial charge < -0.3 is 10.5 Å². The number of nitrogens with two attached hydrogens (primary N) is 1. The van der Waals surface area contributed by atoms with E-state index in [-0.39, 0.29) is 22.3 Å². The molecule has 0 radical (unpaired) electrons. The summed E-state index contributed by atoms with van der Waals surface area (Å²) >= 11 is 0. The van der Waals surface area contributed by atoms with Crippen LogP contribution in [0.25, 0.3) is 22.3 Å². The lowest BCUT2D eigenvalue weighted by Gasteiger charge is -2.16. The molecule has 12 heteroatoms. The molecule has 0 spiro atoms. The summed E-state index contributed by atoms with van der Waals surface area (Å²) in [6.07, 6.45) is 0. The smallest absolute Gasteiger partial charge is 0.516 e. The number of hydrogen-bond donors (Lipinski definition) is 3. The van der Waals surface area contributed by atoms with Crippen LogP contribution in [0.15, 0.2) is 42.5 Å². The maximum absolute atomic E-state index is 12.6. The number of para-hydroxylation sites is 1. The van der Waals surface area contributed by atoms with Crippen molar-refractivity contribution in [3.05, 3.63) is 42.5 Å². The Morgan fingerprint density at radius 1 is 1.07 bits per heavy atom. The van der Waals surface area contributed by atoms with Crippen LogP contribution in [0.5, 0.6) is 5.88 Å². The van der Waals surface area contributed by atoms with Gasteiger partial charge in [-0.3, -0.25) is 10.6 Å². The zero-order chi connectivity index (χ0) is 19.8. The van der Waals surface area contributed by atoms with Crippen LogP contribution in [-0.2, 0) is 10.0 Å². The lowest BCUT2D eigenvalue weighted by Crippen LogP contribution is -2.30. The van der Waals surface area contributed by atoms with Crippen molar-refractivity contribution in [1.29, 1.82) is 0 Å². The fourth-order valence-corrected chi connectivity index (χ4v) is 2.86. The monoisotopic (exact) mass is 398 g/mol. The number of hydrogen-bond acceptors (Lipinski definition) is 7. The predicted octanol–water partition coefficient (Wildman–Crippen LogP) is 1.92. The highest BCUT2D eigenvalue weighted by Crippen LogP contribution is 2.32. The molecule has 0 aliphatic rings. The number of nitrogens with one attached hydrogen (secondary N) is 2. The van der Waals surface area contributed by atoms with E-state index in [9.17, 15) is 26.7 Å². The van der Waals surface area contributed by atoms with Gasteiger partial charge in [0.25, 0.3) is 0 Å². The average molecular weight is 398 g/mol. The lowest BCUT2D eigenvalue weighted by atomic mass is 10.1. The summed E-state index contributed by atoms with van der Waals surface area (Å²) in [5.74, 6) is 4.36. The van der Waals surface area contributed by atoms with Gasteiger partial charge in [0, 0.05) is 16.6 Å². The Labute approximate surface area is 150 Å². The number of sulfonamides is 1. The number of anilines is 2. The third-order valence-corrected chi connectivity index (χ3v) is 4.64. The molecule has 0 unspecified atom stereocenters. The van der Waals surface area contributed by atoms with Crippen LogP contribution >= 0.6 is 0 Å². The van der Waals surface area contributed by atoms with Gasteiger partial charge in [-0.25, -0.2) is 9.97 Å². The van der Waals surface area contributed by atoms with Crippen molar-refractivity contribution >= 4 is 32.3 Å². The molecule has 0 fully saturated rings. The van der Waals surface area contributed by atoms with Gasteiger partial charge in [-0.1, -0.05) is 12.1 Å². The van der Waals surface area contributed by atoms with Crippen LogP contribution < -0.4 is 21.1 Å². The Balaban J connectivity index is 2.13. The zero-order valence-corrected chi connectivity index (χ0v) is 14.1. The third-order valence-electron chi connectivity index (χ3n) is 3.54. The molecule has 0 saturated heterocycles. The topological polar surface area (TPSA) is 133 Å². The Hall–Kier alpha value is -3.12. The van der Waals surface area contributed by atoms with Crippen molar-refractivity contribution in [3.63, 3.8) is 0 Å². The molecule has 0 bridgehead atoms. The summed E-state index contributed by atoms with van der Waals surface area (Å²) in [4.78, 5) is 7.89. The number of nitrogen functional groups attached to an aromatic ring is 1. The molecular weight excluding hydrogens is 387 g/mol. The van der Waals surface area contributed by atoms with Gasteiger partial charge in [-0.05, 0) is 36.2 Å². The molecule has 0 aliphatic heterocycles. The summed E-state index contributed by atoms with van der Waals surface area (Å²) in [7, 11) is -5.65. The van der Waals surface area contributed by atoms with Crippen LogP contribution in [0.1, 0.15) is 0 Å². The van der Waals surface area contributed by atoms with Gasteiger partial charge >= 0.3 is 15.5 Å². The molecule has 0 amide bonds. The Kier molecular flexibility index (Phi) is 4.53. The summed E-state index contributed by atoms with van der Waals surface area (Å²) in [5, 5.41) is 12.4. The largest absolute Gasteiger partial charge is 0.858 e. The molecule has 4 N–H and O–H groups in total. The van der Waals surface area contributed by atoms with E-state index in [0.717, 1.165) is 6.07 Å². The number of aromatic nitrogens is 2. The van der Waals surface area contributed by atoms with Crippen LogP contribution in [-0.4, -0.2) is 23.9 Å². The molecule has 1 heterocycles. The molecular formula is C15H11F3N5O3S-. The Bertz CT molecular complexity index is 1120. The normalized spacial score (nSPS) is 12.1. The average Bonchev–Trinajstić information content (AvgIpc) is 2.60. The van der Waals surface area contributed by atoms with Crippen molar-refractivity contribution in [2.24, 2.45) is 5.84 Å². The highest BCUT2D eigenvalue weighted by molar-refractivity contribution is 7.93. The first kappa shape index (κ1) is 18.7. The number of benzene rings is 2. The van der Waals surface area contributed by atoms with Gasteiger partial charge in [0.15, 0.2) is 5.82 Å². The van der Waals surface area contributed by atoms with Gasteiger partial charge in [0.05, 0.1) is 11.2 Å². The molecule has 0 aliphatic carbocycles. The fourth-order valence-electron chi connectivity index (χ4n) is 2.28. The molecule has 3 aromatic rings. The third kappa shape index (κ3) is 3.57. The fraction of sp³-hybridized carbons (Fsp3) is 0.0667. The highest BCUT2D eigenvalue weighted by atomic mass is 32.2. The van der Waals surface area contributed by atoms with Gasteiger partial charge in [0.1, 0.15) is 0 Å². The van der Waals surface area contributed by atoms with Crippen LogP contribution in [0.3, 0.4) is 0 Å². The molecule has 8 nitrogen and oxygen atoms in total. The van der Waals surface area contributed by atoms with Crippen molar-refractivity contribution in [3.8, 4) is 17.3 Å². The van der Waals surface area contributed by atoms with E-state index < -0.39 is 27.1 Å². The van der Waals surface area contributed by atoms with E-state index >= 15 is 0 Å². The first-order valence-electron chi connectivity index (χ1n) is 7.26. The SMILES string of the molecule is NNc1ccc2nc(-c3ccccc3NS(=O)(=O)C(F)(F)F)nc([O-])c2c1. The second kappa shape index (κ2) is 6.55. The van der Waals surface area contributed by atoms with Gasteiger partial charge in [-0.2, -0.15) is 21.6 Å². The quantitative estimate of drug-likeness (QED) is 0.452. The molecule has 2 aromatic carbocycles. The number of rotatable bonds is 4. The molecule has 0 saturated carbocycles. The first-order chi connectivity index (χ1) is 12.6. The minimum absolute atomic E-state index is 0.0784. The summed E-state index contributed by atoms with van der Waals surface area (Å²) in [5.41, 5.74) is -2.96. The zero-order valence-electron chi connectivity index (χ0n) is 13.3. The molecule has 27 heavy (non-hydrogen) atoms. The van der Waals surface area contributed by atoms with Crippen molar-refractivity contribution in [2.75, 3.05) is 10.1 Å². The second-order valence-electron chi connectivity index (χ2n) is 5.33. The standard InChI is InChI=1S/C15H12F3N5O3S/c16-15(17,18)27(25,26)23-12-4-2-1-3-9(12)13-20-11-6-5-8(22-19)7-10(11)14(24)21-13/h1-7,22-23H,19H2,(H,20,21,24)/p-1. The van der Waals surface area contributed by atoms with Crippen LogP contribution in [0.4, 0.5) is 24.5 Å². The highest BCUT2D eigenvalue weighted by Gasteiger charge is 2.46. The van der Waals surface area contributed by atoms with E-state index in [1.807, 2.05) is 0 Å². The van der Waals surface area contributed by atoms with Gasteiger partial charge in [-0.15, -0.1) is 0 Å². The number of alkyl halides is 3. The summed E-state index contributed by atoms with van der Waals surface area (Å²) in [6.45, 7) is 0. The minimum Gasteiger partial charge on any atom is -0.858 e. The van der Waals surface area contributed by atoms with E-state index in [1.54, 1.807) is 0 Å². The molecule has 142 valence electrons. The second-order valence-corrected chi connectivity index (χ2v) is 7.00. The van der Waals surface area contributed by atoms with Crippen molar-refractivity contribution in [1.82, 2.24) is 9.97 Å². The minimum atomic E-state index is -5.65. The first-order valence-corrected chi connectivity index (χ1v) is 8.74. The van der Waals surface area contributed by atoms with Crippen molar-refractivity contribution in [2.45, 2.75) is 5.51 Å². The molecule has 3 rings (SSSR count). The van der Waals surface area contributed by atoms with Crippen molar-refractivity contribution < 1.29 is 26.7 Å². The molecule has 1 aromatic heterocycles. The van der Waals surface area contributed by atoms with E-state index in [4.69, 9.17) is 5.84 Å². The number of nitrogens with zero attached hydrogens (tertiary/aromatic N) is 2. The summed E-state index contributed by atoms with van der Waals surface area (Å²) < 4.78 is 62.2. The van der Waals surface area contributed by atoms with Gasteiger partial charge in [0.2, 0.25) is 0 Å². The maximum Gasteiger partial charge on any atom is 0.516 e. The van der Waals surface area contributed by atoms with E-state index in [1.165, 1.54) is 41.1 Å². The lowest BCUT2D eigenvalue weighted by molar-refractivity contribution is -0.272. The Morgan fingerprint density at radius 3 is 2.44 bits per heavy atom. The number of hydrazine groups is 1.